The quantitative estimate of drug-likeness (QED) is 0.661. The number of carbonyl (C=O) groups excluding carboxylic acids is 1. The van der Waals surface area contributed by atoms with Crippen molar-refractivity contribution in [3.63, 3.8) is 0 Å². The van der Waals surface area contributed by atoms with Crippen molar-refractivity contribution in [1.29, 1.82) is 0 Å². The van der Waals surface area contributed by atoms with Crippen LogP contribution in [0.4, 0.5) is 4.39 Å². The van der Waals surface area contributed by atoms with E-state index in [1.165, 1.54) is 12.1 Å². The third kappa shape index (κ3) is 1.48. The summed E-state index contributed by atoms with van der Waals surface area (Å²) >= 11 is 3.04. The van der Waals surface area contributed by atoms with E-state index in [9.17, 15) is 9.18 Å². The normalized spacial score (nSPS) is 9.73. The Bertz CT molecular complexity index is 296. The molecule has 0 fully saturated rings. The first-order valence-corrected chi connectivity index (χ1v) is 3.86. The zero-order valence-electron chi connectivity index (χ0n) is 5.90. The van der Waals surface area contributed by atoms with Gasteiger partial charge >= 0.3 is 0 Å². The molecule has 0 amide bonds. The fourth-order valence-corrected chi connectivity index (χ4v) is 1.16. The number of hydrogen-bond donors (Lipinski definition) is 0. The molecule has 0 atom stereocenters. The maximum atomic E-state index is 12.7. The Labute approximate surface area is 72.4 Å². The minimum absolute atomic E-state index is 0.340. The second kappa shape index (κ2) is 3.13. The van der Waals surface area contributed by atoms with Gasteiger partial charge in [-0.2, -0.15) is 0 Å². The summed E-state index contributed by atoms with van der Waals surface area (Å²) in [6, 6.07) is 2.73. The molecule has 0 radical (unpaired) electrons. The summed E-state index contributed by atoms with van der Waals surface area (Å²) in [4.78, 5) is 10.3. The highest BCUT2D eigenvalue weighted by molar-refractivity contribution is 9.10. The first-order chi connectivity index (χ1) is 5.16. The second-order valence-electron chi connectivity index (χ2n) is 2.19. The topological polar surface area (TPSA) is 17.1 Å². The van der Waals surface area contributed by atoms with E-state index in [4.69, 9.17) is 0 Å². The lowest BCUT2D eigenvalue weighted by molar-refractivity contribution is 0.112. The van der Waals surface area contributed by atoms with Gasteiger partial charge in [-0.1, -0.05) is 0 Å². The lowest BCUT2D eigenvalue weighted by atomic mass is 10.1. The van der Waals surface area contributed by atoms with Gasteiger partial charge in [-0.3, -0.25) is 4.79 Å². The molecule has 0 aromatic heterocycles. The van der Waals surface area contributed by atoms with Gasteiger partial charge in [0.05, 0.1) is 4.47 Å². The summed E-state index contributed by atoms with van der Waals surface area (Å²) in [5, 5.41) is 0. The predicted octanol–water partition coefficient (Wildman–Crippen LogP) is 2.71. The van der Waals surface area contributed by atoms with Crippen LogP contribution >= 0.6 is 15.9 Å². The molecular weight excluding hydrogens is 211 g/mol. The molecule has 0 saturated carbocycles. The smallest absolute Gasteiger partial charge is 0.150 e. The molecule has 1 aromatic carbocycles. The molecule has 0 heterocycles. The van der Waals surface area contributed by atoms with Crippen LogP contribution in [0.25, 0.3) is 0 Å². The zero-order chi connectivity index (χ0) is 8.43. The third-order valence-corrected chi connectivity index (χ3v) is 2.48. The number of benzene rings is 1. The molecule has 0 unspecified atom stereocenters. The van der Waals surface area contributed by atoms with E-state index >= 15 is 0 Å². The van der Waals surface area contributed by atoms with Crippen molar-refractivity contribution in [2.75, 3.05) is 0 Å². The third-order valence-electron chi connectivity index (χ3n) is 1.51. The molecule has 58 valence electrons. The van der Waals surface area contributed by atoms with Gasteiger partial charge in [0.25, 0.3) is 0 Å². The highest BCUT2D eigenvalue weighted by Crippen LogP contribution is 2.21. The Balaban J connectivity index is 3.36. The van der Waals surface area contributed by atoms with Gasteiger partial charge in [0.1, 0.15) is 12.1 Å². The summed E-state index contributed by atoms with van der Waals surface area (Å²) in [6.45, 7) is 1.69. The molecule has 11 heavy (non-hydrogen) atoms. The minimum atomic E-state index is -0.340. The van der Waals surface area contributed by atoms with Crippen LogP contribution in [0.3, 0.4) is 0 Å². The Hall–Kier alpha value is -0.700. The van der Waals surface area contributed by atoms with Gasteiger partial charge in [-0.25, -0.2) is 4.39 Å². The van der Waals surface area contributed by atoms with Crippen molar-refractivity contribution in [2.45, 2.75) is 6.92 Å². The Morgan fingerprint density at radius 1 is 1.55 bits per heavy atom. The molecule has 0 aliphatic carbocycles. The van der Waals surface area contributed by atoms with Gasteiger partial charge in [-0.05, 0) is 40.5 Å². The van der Waals surface area contributed by atoms with Crippen LogP contribution < -0.4 is 0 Å². The summed E-state index contributed by atoms with van der Waals surface area (Å²) in [5.74, 6) is -0.340. The van der Waals surface area contributed by atoms with E-state index in [-0.39, 0.29) is 5.82 Å². The SMILES string of the molecule is Cc1c(C=O)ccc(F)c1Br. The largest absolute Gasteiger partial charge is 0.298 e. The van der Waals surface area contributed by atoms with E-state index in [0.717, 1.165) is 0 Å². The van der Waals surface area contributed by atoms with Gasteiger partial charge in [0.15, 0.2) is 0 Å². The highest BCUT2D eigenvalue weighted by Gasteiger charge is 2.05. The van der Waals surface area contributed by atoms with E-state index in [1.807, 2.05) is 0 Å². The lowest BCUT2D eigenvalue weighted by Gasteiger charge is -2.01. The van der Waals surface area contributed by atoms with Gasteiger partial charge in [0.2, 0.25) is 0 Å². The summed E-state index contributed by atoms with van der Waals surface area (Å²) in [5.41, 5.74) is 1.15. The van der Waals surface area contributed by atoms with E-state index in [1.54, 1.807) is 6.92 Å². The first kappa shape index (κ1) is 8.40. The van der Waals surface area contributed by atoms with Crippen LogP contribution in [0.1, 0.15) is 15.9 Å². The average molecular weight is 217 g/mol. The highest BCUT2D eigenvalue weighted by atomic mass is 79.9. The Morgan fingerprint density at radius 3 is 2.73 bits per heavy atom. The lowest BCUT2D eigenvalue weighted by Crippen LogP contribution is -1.89. The monoisotopic (exact) mass is 216 g/mol. The van der Waals surface area contributed by atoms with Gasteiger partial charge < -0.3 is 0 Å². The van der Waals surface area contributed by atoms with Gasteiger partial charge in [-0.15, -0.1) is 0 Å². The predicted molar refractivity (Wildman–Crippen MR) is 44.2 cm³/mol. The number of hydrogen-bond acceptors (Lipinski definition) is 1. The number of halogens is 2. The molecule has 1 nitrogen and oxygen atoms in total. The molecular formula is C8H6BrFO. The van der Waals surface area contributed by atoms with Gasteiger partial charge in [0, 0.05) is 5.56 Å². The molecule has 0 aliphatic rings. The number of rotatable bonds is 1. The molecule has 0 spiro atoms. The summed E-state index contributed by atoms with van der Waals surface area (Å²) < 4.78 is 13.1. The van der Waals surface area contributed by atoms with Crippen LogP contribution in [-0.4, -0.2) is 6.29 Å². The van der Waals surface area contributed by atoms with Crippen LogP contribution in [0.2, 0.25) is 0 Å². The second-order valence-corrected chi connectivity index (χ2v) is 2.99. The zero-order valence-corrected chi connectivity index (χ0v) is 7.48. The van der Waals surface area contributed by atoms with Crippen LogP contribution in [0, 0.1) is 12.7 Å². The van der Waals surface area contributed by atoms with E-state index in [0.29, 0.717) is 21.9 Å². The molecule has 0 saturated heterocycles. The maximum Gasteiger partial charge on any atom is 0.150 e. The fraction of sp³-hybridized carbons (Fsp3) is 0.125. The molecule has 1 aromatic rings. The van der Waals surface area contributed by atoms with Crippen LogP contribution in [-0.2, 0) is 0 Å². The van der Waals surface area contributed by atoms with Crippen molar-refractivity contribution in [1.82, 2.24) is 0 Å². The first-order valence-electron chi connectivity index (χ1n) is 3.06. The number of carbonyl (C=O) groups is 1. The van der Waals surface area contributed by atoms with Crippen molar-refractivity contribution in [3.05, 3.63) is 33.5 Å². The summed E-state index contributed by atoms with van der Waals surface area (Å²) in [7, 11) is 0. The standard InChI is InChI=1S/C8H6BrFO/c1-5-6(4-11)2-3-7(10)8(5)9/h2-4H,1H3. The molecule has 3 heteroatoms. The van der Waals surface area contributed by atoms with Crippen LogP contribution in [0.15, 0.2) is 16.6 Å². The molecule has 0 bridgehead atoms. The van der Waals surface area contributed by atoms with Crippen LogP contribution in [0.5, 0.6) is 0 Å². The van der Waals surface area contributed by atoms with E-state index < -0.39 is 0 Å². The summed E-state index contributed by atoms with van der Waals surface area (Å²) in [6.07, 6.45) is 0.708. The average Bonchev–Trinajstić information content (AvgIpc) is 2.01. The molecule has 0 aliphatic heterocycles. The van der Waals surface area contributed by atoms with Crippen molar-refractivity contribution in [3.8, 4) is 0 Å². The maximum absolute atomic E-state index is 12.7. The Kier molecular flexibility index (Phi) is 2.39. The van der Waals surface area contributed by atoms with Crippen molar-refractivity contribution in [2.24, 2.45) is 0 Å². The molecule has 1 rings (SSSR count). The van der Waals surface area contributed by atoms with Crippen molar-refractivity contribution < 1.29 is 9.18 Å². The molecule has 0 N–H and O–H groups in total. The van der Waals surface area contributed by atoms with Crippen molar-refractivity contribution >= 4 is 22.2 Å². The van der Waals surface area contributed by atoms with E-state index in [2.05, 4.69) is 15.9 Å². The fourth-order valence-electron chi connectivity index (χ4n) is 0.795. The minimum Gasteiger partial charge on any atom is -0.298 e. The number of aldehydes is 1. The Morgan fingerprint density at radius 2 is 2.18 bits per heavy atom.